The number of hydrogen-bond acceptors (Lipinski definition) is 4. The number of halogens is 1. The lowest BCUT2D eigenvalue weighted by Gasteiger charge is -2.18. The third-order valence-corrected chi connectivity index (χ3v) is 2.83. The molecule has 1 aromatic rings. The minimum absolute atomic E-state index is 0.0421. The molecule has 0 aliphatic rings. The number of nitrogens with one attached hydrogen (secondary N) is 1. The molecule has 0 amide bonds. The van der Waals surface area contributed by atoms with Crippen molar-refractivity contribution in [2.45, 2.75) is 13.0 Å². The fourth-order valence-electron chi connectivity index (χ4n) is 1.61. The molecule has 0 saturated heterocycles. The van der Waals surface area contributed by atoms with Gasteiger partial charge in [-0.3, -0.25) is 0 Å². The maximum atomic E-state index is 8.79. The van der Waals surface area contributed by atoms with Gasteiger partial charge in [0.1, 0.15) is 11.5 Å². The highest BCUT2D eigenvalue weighted by Gasteiger charge is 2.14. The highest BCUT2D eigenvalue weighted by molar-refractivity contribution is 6.32. The summed E-state index contributed by atoms with van der Waals surface area (Å²) >= 11 is 6.08. The lowest BCUT2D eigenvalue weighted by atomic mass is 10.1. The van der Waals surface area contributed by atoms with Crippen LogP contribution in [-0.2, 0) is 0 Å². The first-order chi connectivity index (χ1) is 8.13. The molecule has 1 rings (SSSR count). The first-order valence-electron chi connectivity index (χ1n) is 5.39. The largest absolute Gasteiger partial charge is 0.496 e. The van der Waals surface area contributed by atoms with E-state index in [1.807, 2.05) is 13.0 Å². The van der Waals surface area contributed by atoms with Crippen molar-refractivity contribution in [1.29, 1.82) is 0 Å². The Kier molecular flexibility index (Phi) is 5.55. The molecule has 0 saturated carbocycles. The van der Waals surface area contributed by atoms with Gasteiger partial charge < -0.3 is 19.9 Å². The summed E-state index contributed by atoms with van der Waals surface area (Å²) in [5.41, 5.74) is 0.937. The Morgan fingerprint density at radius 3 is 2.47 bits per heavy atom. The minimum Gasteiger partial charge on any atom is -0.496 e. The van der Waals surface area contributed by atoms with Gasteiger partial charge in [0.2, 0.25) is 0 Å². The maximum Gasteiger partial charge on any atom is 0.141 e. The number of benzene rings is 1. The smallest absolute Gasteiger partial charge is 0.141 e. The Hall–Kier alpha value is -0.970. The molecule has 0 aliphatic carbocycles. The SMILES string of the molecule is COc1cc(OC)c(C(C)NCCO)cc1Cl. The van der Waals surface area contributed by atoms with E-state index in [0.29, 0.717) is 23.1 Å². The van der Waals surface area contributed by atoms with Gasteiger partial charge in [-0.05, 0) is 13.0 Å². The van der Waals surface area contributed by atoms with Crippen LogP contribution in [0, 0.1) is 0 Å². The van der Waals surface area contributed by atoms with Gasteiger partial charge in [-0.2, -0.15) is 0 Å². The summed E-state index contributed by atoms with van der Waals surface area (Å²) in [6, 6.07) is 3.61. The first kappa shape index (κ1) is 14.1. The summed E-state index contributed by atoms with van der Waals surface area (Å²) < 4.78 is 10.4. The van der Waals surface area contributed by atoms with Crippen molar-refractivity contribution in [3.05, 3.63) is 22.7 Å². The monoisotopic (exact) mass is 259 g/mol. The molecule has 0 aromatic heterocycles. The lowest BCUT2D eigenvalue weighted by molar-refractivity contribution is 0.285. The number of aliphatic hydroxyl groups excluding tert-OH is 1. The maximum absolute atomic E-state index is 8.79. The Labute approximate surface area is 106 Å². The number of aliphatic hydroxyl groups is 1. The van der Waals surface area contributed by atoms with E-state index in [0.717, 1.165) is 5.56 Å². The van der Waals surface area contributed by atoms with Crippen LogP contribution in [0.15, 0.2) is 12.1 Å². The number of ether oxygens (including phenoxy) is 2. The van der Waals surface area contributed by atoms with Crippen LogP contribution in [0.3, 0.4) is 0 Å². The van der Waals surface area contributed by atoms with Gasteiger partial charge in [-0.1, -0.05) is 11.6 Å². The highest BCUT2D eigenvalue weighted by atomic mass is 35.5. The quantitative estimate of drug-likeness (QED) is 0.821. The summed E-state index contributed by atoms with van der Waals surface area (Å²) in [5.74, 6) is 1.30. The Morgan fingerprint density at radius 1 is 1.29 bits per heavy atom. The summed E-state index contributed by atoms with van der Waals surface area (Å²) in [6.07, 6.45) is 0. The predicted molar refractivity (Wildman–Crippen MR) is 68.1 cm³/mol. The second kappa shape index (κ2) is 6.69. The van der Waals surface area contributed by atoms with E-state index in [-0.39, 0.29) is 12.6 Å². The lowest BCUT2D eigenvalue weighted by Crippen LogP contribution is -2.22. The van der Waals surface area contributed by atoms with Crippen LogP contribution < -0.4 is 14.8 Å². The zero-order valence-corrected chi connectivity index (χ0v) is 11.0. The molecule has 0 radical (unpaired) electrons. The van der Waals surface area contributed by atoms with E-state index in [4.69, 9.17) is 26.2 Å². The zero-order chi connectivity index (χ0) is 12.8. The normalized spacial score (nSPS) is 12.3. The minimum atomic E-state index is 0.0421. The van der Waals surface area contributed by atoms with E-state index in [2.05, 4.69) is 5.32 Å². The molecule has 0 spiro atoms. The molecular weight excluding hydrogens is 242 g/mol. The fourth-order valence-corrected chi connectivity index (χ4v) is 1.86. The van der Waals surface area contributed by atoms with Crippen molar-refractivity contribution in [2.75, 3.05) is 27.4 Å². The van der Waals surface area contributed by atoms with Gasteiger partial charge in [0, 0.05) is 24.2 Å². The van der Waals surface area contributed by atoms with Gasteiger partial charge in [-0.25, -0.2) is 0 Å². The molecule has 1 atom stereocenters. The van der Waals surface area contributed by atoms with Crippen LogP contribution >= 0.6 is 11.6 Å². The Morgan fingerprint density at radius 2 is 1.94 bits per heavy atom. The molecule has 1 unspecified atom stereocenters. The van der Waals surface area contributed by atoms with Gasteiger partial charge in [0.15, 0.2) is 0 Å². The third kappa shape index (κ3) is 3.49. The topological polar surface area (TPSA) is 50.7 Å². The fraction of sp³-hybridized carbons (Fsp3) is 0.500. The van der Waals surface area contributed by atoms with Crippen molar-refractivity contribution in [3.63, 3.8) is 0 Å². The standard InChI is InChI=1S/C12H18ClNO3/c1-8(14-4-5-15)9-6-10(13)12(17-3)7-11(9)16-2/h6-8,14-15H,4-5H2,1-3H3. The summed E-state index contributed by atoms with van der Waals surface area (Å²) in [5, 5.41) is 12.5. The molecule has 5 heteroatoms. The summed E-state index contributed by atoms with van der Waals surface area (Å²) in [4.78, 5) is 0. The molecule has 0 bridgehead atoms. The van der Waals surface area contributed by atoms with E-state index in [9.17, 15) is 0 Å². The average molecular weight is 260 g/mol. The number of hydrogen-bond donors (Lipinski definition) is 2. The molecule has 96 valence electrons. The van der Waals surface area contributed by atoms with Gasteiger partial charge in [0.05, 0.1) is 25.8 Å². The van der Waals surface area contributed by atoms with Crippen LogP contribution in [0.1, 0.15) is 18.5 Å². The molecule has 4 nitrogen and oxygen atoms in total. The number of rotatable bonds is 6. The van der Waals surface area contributed by atoms with Crippen molar-refractivity contribution < 1.29 is 14.6 Å². The molecule has 1 aromatic carbocycles. The Bertz CT molecular complexity index is 371. The molecule has 17 heavy (non-hydrogen) atoms. The van der Waals surface area contributed by atoms with Crippen LogP contribution in [-0.4, -0.2) is 32.5 Å². The van der Waals surface area contributed by atoms with Crippen LogP contribution in [0.5, 0.6) is 11.5 Å². The van der Waals surface area contributed by atoms with Crippen LogP contribution in [0.4, 0.5) is 0 Å². The molecule has 0 fully saturated rings. The van der Waals surface area contributed by atoms with E-state index >= 15 is 0 Å². The van der Waals surface area contributed by atoms with Gasteiger partial charge in [-0.15, -0.1) is 0 Å². The zero-order valence-electron chi connectivity index (χ0n) is 10.3. The van der Waals surface area contributed by atoms with Crippen molar-refractivity contribution in [2.24, 2.45) is 0 Å². The van der Waals surface area contributed by atoms with Crippen molar-refractivity contribution in [1.82, 2.24) is 5.32 Å². The van der Waals surface area contributed by atoms with Crippen LogP contribution in [0.2, 0.25) is 5.02 Å². The molecule has 2 N–H and O–H groups in total. The van der Waals surface area contributed by atoms with Crippen molar-refractivity contribution >= 4 is 11.6 Å². The number of methoxy groups -OCH3 is 2. The molecular formula is C12H18ClNO3. The summed E-state index contributed by atoms with van der Waals surface area (Å²) in [6.45, 7) is 2.60. The molecule has 0 aliphatic heterocycles. The second-order valence-corrected chi connectivity index (χ2v) is 4.04. The average Bonchev–Trinajstić information content (AvgIpc) is 2.35. The Balaban J connectivity index is 3.01. The van der Waals surface area contributed by atoms with Crippen molar-refractivity contribution in [3.8, 4) is 11.5 Å². The molecule has 0 heterocycles. The van der Waals surface area contributed by atoms with E-state index in [1.165, 1.54) is 0 Å². The summed E-state index contributed by atoms with van der Waals surface area (Å²) in [7, 11) is 3.17. The second-order valence-electron chi connectivity index (χ2n) is 3.63. The van der Waals surface area contributed by atoms with E-state index < -0.39 is 0 Å². The van der Waals surface area contributed by atoms with Gasteiger partial charge in [0.25, 0.3) is 0 Å². The highest BCUT2D eigenvalue weighted by Crippen LogP contribution is 2.35. The van der Waals surface area contributed by atoms with E-state index in [1.54, 1.807) is 20.3 Å². The predicted octanol–water partition coefficient (Wildman–Crippen LogP) is 2.00. The van der Waals surface area contributed by atoms with Gasteiger partial charge >= 0.3 is 0 Å². The third-order valence-electron chi connectivity index (χ3n) is 2.53. The van der Waals surface area contributed by atoms with Crippen LogP contribution in [0.25, 0.3) is 0 Å². The first-order valence-corrected chi connectivity index (χ1v) is 5.77.